The van der Waals surface area contributed by atoms with Gasteiger partial charge in [-0.3, -0.25) is 0 Å². The molecule has 7 aliphatic rings. The minimum Gasteiger partial charge on any atom is -0.311 e. The van der Waals surface area contributed by atoms with E-state index in [1.807, 2.05) is 0 Å². The van der Waals surface area contributed by atoms with E-state index in [1.54, 1.807) is 27.8 Å². The van der Waals surface area contributed by atoms with E-state index < -0.39 is 0 Å². The van der Waals surface area contributed by atoms with Gasteiger partial charge in [-0.15, -0.1) is 11.3 Å². The maximum Gasteiger partial charge on any atom is 0.264 e. The van der Waals surface area contributed by atoms with E-state index in [-0.39, 0.29) is 23.0 Å². The van der Waals surface area contributed by atoms with Crippen LogP contribution in [0.3, 0.4) is 0 Å². The van der Waals surface area contributed by atoms with Crippen LogP contribution in [-0.2, 0) is 41.9 Å². The molecule has 5 aliphatic carbocycles. The molecule has 6 aromatic rings. The van der Waals surface area contributed by atoms with Crippen molar-refractivity contribution in [3.05, 3.63) is 124 Å². The summed E-state index contributed by atoms with van der Waals surface area (Å²) < 4.78 is 2.95. The third-order valence-electron chi connectivity index (χ3n) is 17.1. The van der Waals surface area contributed by atoms with Gasteiger partial charge in [0.1, 0.15) is 0 Å². The van der Waals surface area contributed by atoms with Gasteiger partial charge in [0.25, 0.3) is 6.71 Å². The SMILES string of the molecule is CCCCc1ccc(N2c3cc(C45CCC(CC4)CC5)cc4c3B(c3ccc5c(c3N4c3cccc4c3CCC4)C(C)(C)CC5(C)C)c3sc4ccc(CCCC)cc4c32)cc1. The van der Waals surface area contributed by atoms with Crippen molar-refractivity contribution in [2.24, 2.45) is 5.92 Å². The maximum atomic E-state index is 2.89. The number of nitrogens with zero attached hydrogens (tertiary/aromatic N) is 2. The van der Waals surface area contributed by atoms with Gasteiger partial charge in [0.15, 0.2) is 0 Å². The van der Waals surface area contributed by atoms with E-state index in [4.69, 9.17) is 0 Å². The first-order valence-electron chi connectivity index (χ1n) is 24.8. The highest BCUT2D eigenvalue weighted by Gasteiger charge is 2.52. The average molecular weight is 833 g/mol. The molecular formula is C58H65BN2S. The number of anilines is 6. The summed E-state index contributed by atoms with van der Waals surface area (Å²) in [5, 5.41) is 1.44. The van der Waals surface area contributed by atoms with Gasteiger partial charge in [0.05, 0.1) is 5.69 Å². The van der Waals surface area contributed by atoms with Gasteiger partial charge in [0, 0.05) is 43.3 Å². The Labute approximate surface area is 376 Å². The highest BCUT2D eigenvalue weighted by molar-refractivity contribution is 7.33. The minimum absolute atomic E-state index is 0.0379. The zero-order valence-corrected chi connectivity index (χ0v) is 39.2. The Hall–Kier alpha value is -4.28. The molecule has 0 radical (unpaired) electrons. The average Bonchev–Trinajstić information content (AvgIpc) is 3.97. The number of rotatable bonds is 9. The van der Waals surface area contributed by atoms with Gasteiger partial charge >= 0.3 is 0 Å². The second-order valence-corrected chi connectivity index (χ2v) is 23.0. The summed E-state index contributed by atoms with van der Waals surface area (Å²) in [5.41, 5.74) is 22.8. The van der Waals surface area contributed by atoms with Gasteiger partial charge in [-0.25, -0.2) is 0 Å². The molecule has 3 heterocycles. The van der Waals surface area contributed by atoms with Crippen LogP contribution in [0, 0.1) is 5.92 Å². The number of fused-ring (bicyclic) bond motifs is 12. The minimum atomic E-state index is 0.0379. The Balaban J connectivity index is 1.21. The summed E-state index contributed by atoms with van der Waals surface area (Å²) in [6.45, 7) is 14.9. The third-order valence-corrected chi connectivity index (χ3v) is 18.3. The zero-order valence-electron chi connectivity index (χ0n) is 38.4. The highest BCUT2D eigenvalue weighted by atomic mass is 32.1. The molecule has 1 aromatic heterocycles. The van der Waals surface area contributed by atoms with E-state index >= 15 is 0 Å². The Morgan fingerprint density at radius 3 is 2.15 bits per heavy atom. The predicted octanol–water partition coefficient (Wildman–Crippen LogP) is 14.3. The first-order valence-corrected chi connectivity index (χ1v) is 25.6. The Kier molecular flexibility index (Phi) is 9.11. The number of thiophene rings is 1. The van der Waals surface area contributed by atoms with Crippen molar-refractivity contribution >= 4 is 78.0 Å². The van der Waals surface area contributed by atoms with Gasteiger partial charge in [-0.1, -0.05) is 96.8 Å². The molecule has 3 fully saturated rings. The molecule has 0 unspecified atom stereocenters. The number of unbranched alkanes of at least 4 members (excludes halogenated alkanes) is 2. The molecule has 2 aliphatic heterocycles. The smallest absolute Gasteiger partial charge is 0.264 e. The Morgan fingerprint density at radius 1 is 0.694 bits per heavy atom. The van der Waals surface area contributed by atoms with Crippen LogP contribution in [0.25, 0.3) is 10.1 Å². The lowest BCUT2D eigenvalue weighted by molar-refractivity contribution is 0.136. The lowest BCUT2D eigenvalue weighted by Gasteiger charge is -2.49. The van der Waals surface area contributed by atoms with Crippen LogP contribution >= 0.6 is 11.3 Å². The number of hydrogen-bond donors (Lipinski definition) is 0. The van der Waals surface area contributed by atoms with Crippen molar-refractivity contribution in [2.45, 2.75) is 161 Å². The molecule has 0 N–H and O–H groups in total. The zero-order chi connectivity index (χ0) is 42.1. The van der Waals surface area contributed by atoms with E-state index in [2.05, 4.69) is 148 Å². The molecular weight excluding hydrogens is 768 g/mol. The van der Waals surface area contributed by atoms with Gasteiger partial charge in [-0.2, -0.15) is 0 Å². The van der Waals surface area contributed by atoms with Crippen LogP contribution in [-0.4, -0.2) is 6.71 Å². The molecule has 0 saturated heterocycles. The summed E-state index contributed by atoms with van der Waals surface area (Å²) in [4.78, 5) is 5.67. The van der Waals surface area contributed by atoms with Crippen molar-refractivity contribution in [3.8, 4) is 0 Å². The quantitative estimate of drug-likeness (QED) is 0.134. The molecule has 2 bridgehead atoms. The summed E-state index contributed by atoms with van der Waals surface area (Å²) in [7, 11) is 0. The Bertz CT molecular complexity index is 2750. The number of aryl methyl sites for hydroxylation is 3. The fourth-order valence-corrected chi connectivity index (χ4v) is 15.5. The highest BCUT2D eigenvalue weighted by Crippen LogP contribution is 2.59. The first kappa shape index (κ1) is 39.3. The van der Waals surface area contributed by atoms with Crippen LogP contribution in [0.1, 0.15) is 158 Å². The second-order valence-electron chi connectivity index (χ2n) is 22.0. The standard InChI is InChI=1S/C58H65BN2S/c1-7-9-13-37-19-22-42(23-20-37)60-48-34-41(58-30-27-38(28-31-58)29-32-58)35-49-52(48)59(55-53(60)44-33-39(14-10-8-2)21-26-50(44)62-55)46-25-24-45-51(57(5,6)36-56(45,3)4)54(46)61(49)47-18-12-16-40-15-11-17-43(40)47/h12,16,18-26,33-35,38H,7-11,13-15,17,27-32,36H2,1-6H3. The van der Waals surface area contributed by atoms with Crippen molar-refractivity contribution in [2.75, 3.05) is 9.80 Å². The lowest BCUT2D eigenvalue weighted by atomic mass is 9.35. The number of hydrogen-bond acceptors (Lipinski definition) is 3. The number of benzene rings is 5. The molecule has 62 heavy (non-hydrogen) atoms. The van der Waals surface area contributed by atoms with Crippen molar-refractivity contribution in [1.82, 2.24) is 0 Å². The fourth-order valence-electron chi connectivity index (χ4n) is 14.2. The molecule has 0 spiro atoms. The lowest BCUT2D eigenvalue weighted by Crippen LogP contribution is -2.61. The van der Waals surface area contributed by atoms with E-state index in [0.717, 1.165) is 31.6 Å². The first-order chi connectivity index (χ1) is 30.1. The molecule has 5 aromatic carbocycles. The van der Waals surface area contributed by atoms with Crippen LogP contribution < -0.4 is 25.5 Å². The summed E-state index contributed by atoms with van der Waals surface area (Å²) in [6, 6.07) is 35.4. The fraction of sp³-hybridized carbons (Fsp3) is 0.448. The molecule has 3 saturated carbocycles. The normalized spacial score (nSPS) is 22.2. The van der Waals surface area contributed by atoms with Crippen molar-refractivity contribution in [3.63, 3.8) is 0 Å². The molecule has 0 amide bonds. The molecule has 4 heteroatoms. The van der Waals surface area contributed by atoms with Crippen LogP contribution in [0.2, 0.25) is 0 Å². The molecule has 13 rings (SSSR count). The topological polar surface area (TPSA) is 6.48 Å². The van der Waals surface area contributed by atoms with Crippen LogP contribution in [0.5, 0.6) is 0 Å². The van der Waals surface area contributed by atoms with Gasteiger partial charge in [-0.05, 0) is 204 Å². The Morgan fingerprint density at radius 2 is 1.40 bits per heavy atom. The van der Waals surface area contributed by atoms with Crippen LogP contribution in [0.4, 0.5) is 34.1 Å². The van der Waals surface area contributed by atoms with Gasteiger partial charge < -0.3 is 9.80 Å². The van der Waals surface area contributed by atoms with Gasteiger partial charge in [0.2, 0.25) is 0 Å². The molecule has 2 nitrogen and oxygen atoms in total. The second kappa shape index (κ2) is 14.4. The van der Waals surface area contributed by atoms with E-state index in [1.165, 1.54) is 148 Å². The summed E-state index contributed by atoms with van der Waals surface area (Å²) in [6.07, 6.45) is 20.1. The van der Waals surface area contributed by atoms with Crippen molar-refractivity contribution in [1.29, 1.82) is 0 Å². The maximum absolute atomic E-state index is 2.89. The van der Waals surface area contributed by atoms with Crippen LogP contribution in [0.15, 0.2) is 84.9 Å². The molecule has 0 atom stereocenters. The van der Waals surface area contributed by atoms with E-state index in [0.29, 0.717) is 0 Å². The van der Waals surface area contributed by atoms with Crippen molar-refractivity contribution < 1.29 is 0 Å². The monoisotopic (exact) mass is 832 g/mol. The third kappa shape index (κ3) is 5.79. The predicted molar refractivity (Wildman–Crippen MR) is 269 cm³/mol. The molecule has 316 valence electrons. The van der Waals surface area contributed by atoms with E-state index in [9.17, 15) is 0 Å². The largest absolute Gasteiger partial charge is 0.311 e. The summed E-state index contributed by atoms with van der Waals surface area (Å²) >= 11 is 2.08. The summed E-state index contributed by atoms with van der Waals surface area (Å²) in [5.74, 6) is 0.921.